The molecule has 0 amide bonds. The summed E-state index contributed by atoms with van der Waals surface area (Å²) in [7, 11) is 1.98. The average Bonchev–Trinajstić information content (AvgIpc) is 3.02. The van der Waals surface area contributed by atoms with E-state index in [0.717, 1.165) is 16.5 Å². The smallest absolute Gasteiger partial charge is 0.245 e. The van der Waals surface area contributed by atoms with Crippen LogP contribution in [0.2, 0.25) is 5.02 Å². The van der Waals surface area contributed by atoms with Gasteiger partial charge in [-0.15, -0.1) is 0 Å². The Morgan fingerprint density at radius 2 is 2.00 bits per heavy atom. The Kier molecular flexibility index (Phi) is 5.54. The fraction of sp³-hybridized carbons (Fsp3) is 0.190. The number of para-hydroxylation sites is 1. The fourth-order valence-electron chi connectivity index (χ4n) is 2.91. The highest BCUT2D eigenvalue weighted by Gasteiger charge is 2.13. The highest BCUT2D eigenvalue weighted by atomic mass is 35.5. The van der Waals surface area contributed by atoms with E-state index >= 15 is 0 Å². The van der Waals surface area contributed by atoms with E-state index < -0.39 is 0 Å². The lowest BCUT2D eigenvalue weighted by atomic mass is 10.1. The van der Waals surface area contributed by atoms with Crippen molar-refractivity contribution in [3.05, 3.63) is 71.4 Å². The molecule has 0 aliphatic rings. The van der Waals surface area contributed by atoms with Crippen LogP contribution in [0.15, 0.2) is 60.2 Å². The van der Waals surface area contributed by atoms with Crippen LogP contribution in [0.3, 0.4) is 0 Å². The number of nitrogens with two attached hydrogens (primary N) is 1. The SMILES string of the molecule is C=C(N=C(ON)c1ccc(OC(C)C)c(Cl)c1)c1cccc2ccn(C)c12. The quantitative estimate of drug-likeness (QED) is 0.386. The van der Waals surface area contributed by atoms with Gasteiger partial charge < -0.3 is 14.1 Å². The van der Waals surface area contributed by atoms with Gasteiger partial charge in [-0.25, -0.2) is 4.99 Å². The molecular weight excluding hydrogens is 362 g/mol. The van der Waals surface area contributed by atoms with E-state index in [1.54, 1.807) is 18.2 Å². The summed E-state index contributed by atoms with van der Waals surface area (Å²) in [5.74, 6) is 6.29. The monoisotopic (exact) mass is 383 g/mol. The minimum Gasteiger partial charge on any atom is -0.489 e. The van der Waals surface area contributed by atoms with E-state index in [-0.39, 0.29) is 12.0 Å². The van der Waals surface area contributed by atoms with Gasteiger partial charge in [0.2, 0.25) is 5.90 Å². The molecular formula is C21H22ClN3O2. The van der Waals surface area contributed by atoms with E-state index in [4.69, 9.17) is 27.1 Å². The fourth-order valence-corrected chi connectivity index (χ4v) is 3.14. The van der Waals surface area contributed by atoms with Gasteiger partial charge in [0.1, 0.15) is 5.75 Å². The van der Waals surface area contributed by atoms with Crippen molar-refractivity contribution in [2.75, 3.05) is 0 Å². The predicted octanol–water partition coefficient (Wildman–Crippen LogP) is 4.93. The Labute approximate surface area is 163 Å². The second-order valence-electron chi connectivity index (χ2n) is 6.46. The summed E-state index contributed by atoms with van der Waals surface area (Å²) < 4.78 is 7.68. The van der Waals surface area contributed by atoms with E-state index in [1.165, 1.54) is 0 Å². The molecule has 0 saturated carbocycles. The van der Waals surface area contributed by atoms with Crippen molar-refractivity contribution >= 4 is 34.1 Å². The molecule has 0 radical (unpaired) electrons. The van der Waals surface area contributed by atoms with Crippen LogP contribution in [0, 0.1) is 0 Å². The zero-order valence-corrected chi connectivity index (χ0v) is 16.3. The summed E-state index contributed by atoms with van der Waals surface area (Å²) in [6.07, 6.45) is 2.02. The van der Waals surface area contributed by atoms with Crippen LogP contribution < -0.4 is 10.6 Å². The summed E-state index contributed by atoms with van der Waals surface area (Å²) in [5, 5.41) is 1.57. The molecule has 0 aliphatic carbocycles. The van der Waals surface area contributed by atoms with Crippen molar-refractivity contribution in [2.45, 2.75) is 20.0 Å². The number of ether oxygens (including phenoxy) is 1. The molecule has 0 unspecified atom stereocenters. The summed E-state index contributed by atoms with van der Waals surface area (Å²) >= 11 is 6.31. The van der Waals surface area contributed by atoms with Crippen molar-refractivity contribution in [1.82, 2.24) is 4.57 Å². The maximum atomic E-state index is 6.31. The molecule has 5 nitrogen and oxygen atoms in total. The first kappa shape index (κ1) is 19.0. The minimum absolute atomic E-state index is 0.0257. The van der Waals surface area contributed by atoms with Gasteiger partial charge in [0.05, 0.1) is 22.3 Å². The first-order valence-electron chi connectivity index (χ1n) is 8.56. The minimum atomic E-state index is 0.0257. The summed E-state index contributed by atoms with van der Waals surface area (Å²) in [5.41, 5.74) is 3.13. The van der Waals surface area contributed by atoms with Gasteiger partial charge in [0.15, 0.2) is 0 Å². The molecule has 0 atom stereocenters. The second-order valence-corrected chi connectivity index (χ2v) is 6.87. The lowest BCUT2D eigenvalue weighted by Gasteiger charge is -2.13. The Balaban J connectivity index is 1.97. The van der Waals surface area contributed by atoms with Crippen LogP contribution in [0.25, 0.3) is 16.6 Å². The molecule has 0 spiro atoms. The van der Waals surface area contributed by atoms with Crippen molar-refractivity contribution < 1.29 is 9.57 Å². The third-order valence-electron chi connectivity index (χ3n) is 4.10. The average molecular weight is 384 g/mol. The van der Waals surface area contributed by atoms with Gasteiger partial charge in [0.25, 0.3) is 0 Å². The Morgan fingerprint density at radius 1 is 1.22 bits per heavy atom. The lowest BCUT2D eigenvalue weighted by Crippen LogP contribution is -2.13. The van der Waals surface area contributed by atoms with Crippen molar-refractivity contribution in [3.63, 3.8) is 0 Å². The molecule has 3 aromatic rings. The Morgan fingerprint density at radius 3 is 2.67 bits per heavy atom. The number of fused-ring (bicyclic) bond motifs is 1. The van der Waals surface area contributed by atoms with Gasteiger partial charge in [-0.2, -0.15) is 5.90 Å². The second kappa shape index (κ2) is 7.86. The van der Waals surface area contributed by atoms with E-state index in [2.05, 4.69) is 11.6 Å². The third kappa shape index (κ3) is 3.99. The normalized spacial score (nSPS) is 11.9. The number of benzene rings is 2. The number of nitrogens with zero attached hydrogens (tertiary/aromatic N) is 2. The number of hydrogen-bond donors (Lipinski definition) is 1. The van der Waals surface area contributed by atoms with Crippen LogP contribution in [0.5, 0.6) is 5.75 Å². The summed E-state index contributed by atoms with van der Waals surface area (Å²) in [6.45, 7) is 7.97. The maximum absolute atomic E-state index is 6.31. The molecule has 2 aromatic carbocycles. The molecule has 1 aromatic heterocycles. The van der Waals surface area contributed by atoms with E-state index in [9.17, 15) is 0 Å². The first-order valence-corrected chi connectivity index (χ1v) is 8.94. The standard InChI is InChI=1S/C21H22ClN3O2/c1-13(2)26-19-9-8-16(12-18(19)22)21(27-23)24-14(3)17-7-5-6-15-10-11-25(4)20(15)17/h5-13H,3,23H2,1-2,4H3. The molecule has 0 saturated heterocycles. The zero-order valence-electron chi connectivity index (χ0n) is 15.6. The van der Waals surface area contributed by atoms with Gasteiger partial charge in [-0.05, 0) is 38.1 Å². The van der Waals surface area contributed by atoms with Crippen molar-refractivity contribution in [1.29, 1.82) is 0 Å². The lowest BCUT2D eigenvalue weighted by molar-refractivity contribution is 0.242. The topological polar surface area (TPSA) is 61.8 Å². The molecule has 0 aliphatic heterocycles. The van der Waals surface area contributed by atoms with Gasteiger partial charge in [0, 0.05) is 29.8 Å². The molecule has 3 rings (SSSR count). The Hall–Kier alpha value is -2.76. The molecule has 2 N–H and O–H groups in total. The molecule has 6 heteroatoms. The highest BCUT2D eigenvalue weighted by molar-refractivity contribution is 6.32. The largest absolute Gasteiger partial charge is 0.489 e. The summed E-state index contributed by atoms with van der Waals surface area (Å²) in [6, 6.07) is 13.3. The first-order chi connectivity index (χ1) is 12.9. The van der Waals surface area contributed by atoms with E-state index in [1.807, 2.05) is 55.9 Å². The van der Waals surface area contributed by atoms with Crippen molar-refractivity contribution in [3.8, 4) is 5.75 Å². The van der Waals surface area contributed by atoms with Crippen LogP contribution in [0.4, 0.5) is 0 Å². The number of aromatic nitrogens is 1. The number of aryl methyl sites for hydroxylation is 1. The summed E-state index contributed by atoms with van der Waals surface area (Å²) in [4.78, 5) is 9.51. The predicted molar refractivity (Wildman–Crippen MR) is 111 cm³/mol. The van der Waals surface area contributed by atoms with Crippen LogP contribution in [-0.2, 0) is 11.9 Å². The van der Waals surface area contributed by atoms with Crippen molar-refractivity contribution in [2.24, 2.45) is 17.9 Å². The highest BCUT2D eigenvalue weighted by Crippen LogP contribution is 2.29. The van der Waals surface area contributed by atoms with E-state index in [0.29, 0.717) is 22.0 Å². The molecule has 140 valence electrons. The zero-order chi connectivity index (χ0) is 19.6. The Bertz CT molecular complexity index is 1020. The molecule has 27 heavy (non-hydrogen) atoms. The number of aliphatic imine (C=N–C) groups is 1. The van der Waals surface area contributed by atoms with Crippen LogP contribution in [-0.4, -0.2) is 16.6 Å². The number of halogens is 1. The van der Waals surface area contributed by atoms with Gasteiger partial charge in [-0.1, -0.05) is 36.4 Å². The molecule has 0 fully saturated rings. The molecule has 1 heterocycles. The van der Waals surface area contributed by atoms with Crippen LogP contribution in [0.1, 0.15) is 25.0 Å². The van der Waals surface area contributed by atoms with Gasteiger partial charge in [-0.3, -0.25) is 0 Å². The molecule has 0 bridgehead atoms. The number of rotatable bonds is 5. The van der Waals surface area contributed by atoms with Gasteiger partial charge >= 0.3 is 0 Å². The number of hydrogen-bond acceptors (Lipinski definition) is 4. The maximum Gasteiger partial charge on any atom is 0.245 e. The third-order valence-corrected chi connectivity index (χ3v) is 4.39. The van der Waals surface area contributed by atoms with Crippen LogP contribution >= 0.6 is 11.6 Å².